The average Bonchev–Trinajstić information content (AvgIpc) is 2.90. The van der Waals surface area contributed by atoms with Crippen molar-refractivity contribution in [1.29, 1.82) is 0 Å². The van der Waals surface area contributed by atoms with E-state index < -0.39 is 0 Å². The Morgan fingerprint density at radius 2 is 2.15 bits per heavy atom. The quantitative estimate of drug-likeness (QED) is 0.823. The van der Waals surface area contributed by atoms with Crippen molar-refractivity contribution in [2.45, 2.75) is 45.7 Å². The molecule has 1 aromatic heterocycles. The molecule has 0 aromatic carbocycles. The molecule has 0 amide bonds. The van der Waals surface area contributed by atoms with Gasteiger partial charge in [0.2, 0.25) is 5.89 Å². The Morgan fingerprint density at radius 1 is 1.40 bits per heavy atom. The smallest absolute Gasteiger partial charge is 0.244 e. The van der Waals surface area contributed by atoms with Crippen LogP contribution in [0, 0.1) is 12.8 Å². The second-order valence-electron chi connectivity index (χ2n) is 5.33. The standard InChI is InChI=1S/C14H25N3O3/c1-4-18-9-10(2)15-13(12-5-7-19-8-6-12)14-16-11(3)17-20-14/h10,12-13,15H,4-9H2,1-3H3/t10-,13-/m0/s1. The lowest BCUT2D eigenvalue weighted by Gasteiger charge is -2.30. The fourth-order valence-corrected chi connectivity index (χ4v) is 2.55. The van der Waals surface area contributed by atoms with E-state index in [1.165, 1.54) is 0 Å². The summed E-state index contributed by atoms with van der Waals surface area (Å²) in [6.45, 7) is 8.98. The summed E-state index contributed by atoms with van der Waals surface area (Å²) in [5.74, 6) is 1.82. The summed E-state index contributed by atoms with van der Waals surface area (Å²) in [5, 5.41) is 7.49. The third-order valence-corrected chi connectivity index (χ3v) is 3.58. The Balaban J connectivity index is 2.03. The number of aromatic nitrogens is 2. The molecule has 2 atom stereocenters. The highest BCUT2D eigenvalue weighted by molar-refractivity contribution is 4.96. The van der Waals surface area contributed by atoms with Gasteiger partial charge in [0.25, 0.3) is 0 Å². The molecule has 0 radical (unpaired) electrons. The lowest BCUT2D eigenvalue weighted by Crippen LogP contribution is -2.39. The van der Waals surface area contributed by atoms with E-state index in [0.717, 1.165) is 32.7 Å². The Kier molecular flexibility index (Phi) is 5.94. The highest BCUT2D eigenvalue weighted by Crippen LogP contribution is 2.29. The largest absolute Gasteiger partial charge is 0.381 e. The molecule has 1 saturated heterocycles. The van der Waals surface area contributed by atoms with Gasteiger partial charge in [0.05, 0.1) is 12.6 Å². The molecule has 0 saturated carbocycles. The summed E-state index contributed by atoms with van der Waals surface area (Å²) in [5.41, 5.74) is 0. The molecule has 114 valence electrons. The Morgan fingerprint density at radius 3 is 2.75 bits per heavy atom. The first-order valence-corrected chi connectivity index (χ1v) is 7.42. The maximum Gasteiger partial charge on any atom is 0.244 e. The second kappa shape index (κ2) is 7.71. The van der Waals surface area contributed by atoms with Gasteiger partial charge in [-0.1, -0.05) is 5.16 Å². The lowest BCUT2D eigenvalue weighted by molar-refractivity contribution is 0.0428. The van der Waals surface area contributed by atoms with E-state index in [1.54, 1.807) is 0 Å². The van der Waals surface area contributed by atoms with Crippen LogP contribution in [-0.2, 0) is 9.47 Å². The van der Waals surface area contributed by atoms with Gasteiger partial charge in [-0.15, -0.1) is 0 Å². The number of aryl methyl sites for hydroxylation is 1. The van der Waals surface area contributed by atoms with E-state index in [2.05, 4.69) is 22.4 Å². The van der Waals surface area contributed by atoms with E-state index in [1.807, 2.05) is 13.8 Å². The molecule has 6 heteroatoms. The minimum atomic E-state index is 0.0792. The number of rotatable bonds is 7. The van der Waals surface area contributed by atoms with Gasteiger partial charge in [-0.2, -0.15) is 4.98 Å². The third kappa shape index (κ3) is 4.26. The summed E-state index contributed by atoms with van der Waals surface area (Å²) in [7, 11) is 0. The fourth-order valence-electron chi connectivity index (χ4n) is 2.55. The molecule has 0 aliphatic carbocycles. The third-order valence-electron chi connectivity index (χ3n) is 3.58. The lowest BCUT2D eigenvalue weighted by atomic mass is 9.91. The summed E-state index contributed by atoms with van der Waals surface area (Å²) in [6.07, 6.45) is 2.03. The van der Waals surface area contributed by atoms with Crippen molar-refractivity contribution in [3.05, 3.63) is 11.7 Å². The molecule has 1 aromatic rings. The van der Waals surface area contributed by atoms with Crippen molar-refractivity contribution in [2.75, 3.05) is 26.4 Å². The van der Waals surface area contributed by atoms with Crippen LogP contribution in [0.1, 0.15) is 44.4 Å². The van der Waals surface area contributed by atoms with E-state index in [4.69, 9.17) is 14.0 Å². The highest BCUT2D eigenvalue weighted by Gasteiger charge is 2.30. The van der Waals surface area contributed by atoms with Crippen molar-refractivity contribution in [1.82, 2.24) is 15.5 Å². The fraction of sp³-hybridized carbons (Fsp3) is 0.857. The van der Waals surface area contributed by atoms with Gasteiger partial charge in [0.15, 0.2) is 5.82 Å². The van der Waals surface area contributed by atoms with Gasteiger partial charge < -0.3 is 19.3 Å². The zero-order valence-electron chi connectivity index (χ0n) is 12.6. The van der Waals surface area contributed by atoms with Crippen molar-refractivity contribution >= 4 is 0 Å². The monoisotopic (exact) mass is 283 g/mol. The van der Waals surface area contributed by atoms with Gasteiger partial charge in [-0.3, -0.25) is 0 Å². The van der Waals surface area contributed by atoms with E-state index >= 15 is 0 Å². The molecule has 2 heterocycles. The molecule has 1 aliphatic rings. The predicted molar refractivity (Wildman–Crippen MR) is 74.4 cm³/mol. The zero-order chi connectivity index (χ0) is 14.4. The maximum absolute atomic E-state index is 5.47. The first-order chi connectivity index (χ1) is 9.70. The van der Waals surface area contributed by atoms with Crippen LogP contribution < -0.4 is 5.32 Å². The number of nitrogens with zero attached hydrogens (tertiary/aromatic N) is 2. The first kappa shape index (κ1) is 15.4. The zero-order valence-corrected chi connectivity index (χ0v) is 12.6. The number of hydrogen-bond donors (Lipinski definition) is 1. The highest BCUT2D eigenvalue weighted by atomic mass is 16.5. The first-order valence-electron chi connectivity index (χ1n) is 7.42. The topological polar surface area (TPSA) is 69.4 Å². The molecule has 2 rings (SSSR count). The van der Waals surface area contributed by atoms with Crippen molar-refractivity contribution < 1.29 is 14.0 Å². The van der Waals surface area contributed by atoms with Crippen LogP contribution in [0.15, 0.2) is 4.52 Å². The molecular formula is C14H25N3O3. The molecule has 20 heavy (non-hydrogen) atoms. The van der Waals surface area contributed by atoms with Gasteiger partial charge in [-0.05, 0) is 39.5 Å². The molecule has 1 fully saturated rings. The van der Waals surface area contributed by atoms with Gasteiger partial charge in [0.1, 0.15) is 0 Å². The van der Waals surface area contributed by atoms with Crippen LogP contribution in [0.4, 0.5) is 0 Å². The molecule has 1 aliphatic heterocycles. The number of nitrogens with one attached hydrogen (secondary N) is 1. The summed E-state index contributed by atoms with van der Waals surface area (Å²) >= 11 is 0. The SMILES string of the molecule is CCOC[C@H](C)N[C@H](c1nc(C)no1)C1CCOCC1. The van der Waals surface area contributed by atoms with Gasteiger partial charge in [0, 0.05) is 25.9 Å². The predicted octanol–water partition coefficient (Wildman–Crippen LogP) is 1.86. The molecule has 0 spiro atoms. The van der Waals surface area contributed by atoms with Crippen molar-refractivity contribution in [3.8, 4) is 0 Å². The van der Waals surface area contributed by atoms with Crippen molar-refractivity contribution in [2.24, 2.45) is 5.92 Å². The van der Waals surface area contributed by atoms with Crippen LogP contribution in [-0.4, -0.2) is 42.6 Å². The van der Waals surface area contributed by atoms with Crippen molar-refractivity contribution in [3.63, 3.8) is 0 Å². The second-order valence-corrected chi connectivity index (χ2v) is 5.33. The average molecular weight is 283 g/mol. The maximum atomic E-state index is 5.47. The normalized spacial score (nSPS) is 19.9. The van der Waals surface area contributed by atoms with Crippen LogP contribution in [0.5, 0.6) is 0 Å². The summed E-state index contributed by atoms with van der Waals surface area (Å²) in [6, 6.07) is 0.325. The molecule has 0 bridgehead atoms. The number of hydrogen-bond acceptors (Lipinski definition) is 6. The molecule has 6 nitrogen and oxygen atoms in total. The number of ether oxygens (including phenoxy) is 2. The van der Waals surface area contributed by atoms with Crippen LogP contribution >= 0.6 is 0 Å². The van der Waals surface area contributed by atoms with Gasteiger partial charge >= 0.3 is 0 Å². The molecule has 1 N–H and O–H groups in total. The van der Waals surface area contributed by atoms with E-state index in [0.29, 0.717) is 24.2 Å². The Hall–Kier alpha value is -0.980. The Bertz CT molecular complexity index is 391. The minimum absolute atomic E-state index is 0.0792. The van der Waals surface area contributed by atoms with Crippen LogP contribution in [0.3, 0.4) is 0 Å². The van der Waals surface area contributed by atoms with Gasteiger partial charge in [-0.25, -0.2) is 0 Å². The van der Waals surface area contributed by atoms with Crippen LogP contribution in [0.2, 0.25) is 0 Å². The van der Waals surface area contributed by atoms with E-state index in [-0.39, 0.29) is 12.1 Å². The van der Waals surface area contributed by atoms with Crippen LogP contribution in [0.25, 0.3) is 0 Å². The van der Waals surface area contributed by atoms with E-state index in [9.17, 15) is 0 Å². The molecule has 0 unspecified atom stereocenters. The molecular weight excluding hydrogens is 258 g/mol. The Labute approximate surface area is 120 Å². The minimum Gasteiger partial charge on any atom is -0.381 e. The summed E-state index contributed by atoms with van der Waals surface area (Å²) < 4.78 is 16.3. The summed E-state index contributed by atoms with van der Waals surface area (Å²) in [4.78, 5) is 4.40.